The third-order valence-electron chi connectivity index (χ3n) is 1.46. The molecular weight excluding hydrogens is 176 g/mol. The van der Waals surface area contributed by atoms with Crippen molar-refractivity contribution >= 4 is 10.1 Å². The first-order chi connectivity index (χ1) is 5.54. The lowest BCUT2D eigenvalue weighted by molar-refractivity contribution is 0.483. The van der Waals surface area contributed by atoms with Gasteiger partial charge < -0.3 is 0 Å². The lowest BCUT2D eigenvalue weighted by Crippen LogP contribution is -1.97. The molecule has 3 nitrogen and oxygen atoms in total. The second-order valence-corrected chi connectivity index (χ2v) is 3.74. The van der Waals surface area contributed by atoms with E-state index in [0.717, 1.165) is 5.56 Å². The first-order valence-electron chi connectivity index (χ1n) is 3.30. The van der Waals surface area contributed by atoms with Crippen molar-refractivity contribution in [1.29, 1.82) is 0 Å². The van der Waals surface area contributed by atoms with Gasteiger partial charge in [0, 0.05) is 0 Å². The van der Waals surface area contributed by atoms with Crippen LogP contribution in [0.1, 0.15) is 5.56 Å². The Hall–Kier alpha value is -0.870. The molecule has 0 unspecified atom stereocenters. The van der Waals surface area contributed by atoms with Crippen LogP contribution in [-0.2, 0) is 16.5 Å². The molecule has 12 heavy (non-hydrogen) atoms. The molecule has 0 aliphatic rings. The topological polar surface area (TPSA) is 54.4 Å². The van der Waals surface area contributed by atoms with E-state index in [9.17, 15) is 8.42 Å². The zero-order valence-corrected chi connectivity index (χ0v) is 7.08. The van der Waals surface area contributed by atoms with E-state index in [2.05, 4.69) is 0 Å². The number of hydrogen-bond acceptors (Lipinski definition) is 2. The van der Waals surface area contributed by atoms with E-state index < -0.39 is 10.1 Å². The van der Waals surface area contributed by atoms with Crippen LogP contribution in [0.5, 0.6) is 0 Å². The van der Waals surface area contributed by atoms with Gasteiger partial charge in [-0.15, -0.1) is 0 Å². The monoisotopic (exact) mass is 184 g/mol. The summed E-state index contributed by atoms with van der Waals surface area (Å²) in [6, 6.07) is 5.75. The van der Waals surface area contributed by atoms with Crippen LogP contribution in [0.3, 0.4) is 0 Å². The smallest absolute Gasteiger partial charge is 0.282 e. The highest BCUT2D eigenvalue weighted by Crippen LogP contribution is 2.09. The predicted molar refractivity (Wildman–Crippen MR) is 44.3 cm³/mol. The van der Waals surface area contributed by atoms with E-state index in [-0.39, 0.29) is 4.90 Å². The zero-order chi connectivity index (χ0) is 9.19. The van der Waals surface area contributed by atoms with Gasteiger partial charge in [-0.05, 0) is 31.0 Å². The number of hydrogen-bond donors (Lipinski definition) is 1. The average molecular weight is 184 g/mol. The predicted octanol–water partition coefficient (Wildman–Crippen LogP) is 1.19. The standard InChI is InChI=1S/C8H8O3S/c1-2-7-3-5-8(6-4-7)12(9,10)11/h1,3-6H,2H2,(H,9,10,11). The van der Waals surface area contributed by atoms with Crippen LogP contribution in [-0.4, -0.2) is 13.0 Å². The van der Waals surface area contributed by atoms with Gasteiger partial charge in [-0.2, -0.15) is 8.42 Å². The van der Waals surface area contributed by atoms with Gasteiger partial charge in [0.2, 0.25) is 0 Å². The Balaban J connectivity index is 3.09. The Labute approximate surface area is 71.8 Å². The quantitative estimate of drug-likeness (QED) is 0.702. The fraction of sp³-hybridized carbons (Fsp3) is 0.125. The van der Waals surface area contributed by atoms with Crippen molar-refractivity contribution in [1.82, 2.24) is 0 Å². The summed E-state index contributed by atoms with van der Waals surface area (Å²) in [5.74, 6) is 0. The van der Waals surface area contributed by atoms with E-state index in [0.29, 0.717) is 6.42 Å². The summed E-state index contributed by atoms with van der Waals surface area (Å²) in [7, 11) is -4.07. The van der Waals surface area contributed by atoms with Crippen LogP contribution in [0.4, 0.5) is 0 Å². The molecular formula is C8H8O3S. The number of rotatable bonds is 2. The van der Waals surface area contributed by atoms with Crippen LogP contribution in [0.15, 0.2) is 29.2 Å². The van der Waals surface area contributed by atoms with Crippen LogP contribution in [0, 0.1) is 6.92 Å². The molecule has 0 aliphatic carbocycles. The molecule has 0 amide bonds. The summed E-state index contributed by atoms with van der Waals surface area (Å²) in [6.07, 6.45) is 0.353. The van der Waals surface area contributed by atoms with Crippen molar-refractivity contribution in [2.45, 2.75) is 11.3 Å². The van der Waals surface area contributed by atoms with Gasteiger partial charge in [0.05, 0.1) is 4.90 Å². The second-order valence-electron chi connectivity index (χ2n) is 2.32. The largest absolute Gasteiger partial charge is 0.294 e. The van der Waals surface area contributed by atoms with Crippen molar-refractivity contribution in [2.24, 2.45) is 0 Å². The summed E-state index contributed by atoms with van der Waals surface area (Å²) < 4.78 is 29.7. The van der Waals surface area contributed by atoms with E-state index in [1.54, 1.807) is 12.1 Å². The Bertz CT molecular complexity index is 350. The molecule has 0 heterocycles. The molecule has 0 atom stereocenters. The fourth-order valence-corrected chi connectivity index (χ4v) is 1.28. The average Bonchev–Trinajstić information content (AvgIpc) is 2.03. The summed E-state index contributed by atoms with van der Waals surface area (Å²) in [5.41, 5.74) is 0.822. The van der Waals surface area contributed by atoms with Crippen molar-refractivity contribution < 1.29 is 13.0 Å². The molecule has 1 aromatic rings. The minimum atomic E-state index is -4.07. The molecule has 2 radical (unpaired) electrons. The third-order valence-corrected chi connectivity index (χ3v) is 2.32. The van der Waals surface area contributed by atoms with Crippen LogP contribution < -0.4 is 0 Å². The summed E-state index contributed by atoms with van der Waals surface area (Å²) in [4.78, 5) is -0.111. The number of benzene rings is 1. The van der Waals surface area contributed by atoms with Crippen LogP contribution >= 0.6 is 0 Å². The molecule has 0 saturated carbocycles. The molecule has 64 valence electrons. The summed E-state index contributed by atoms with van der Waals surface area (Å²) in [5, 5.41) is 0. The highest BCUT2D eigenvalue weighted by molar-refractivity contribution is 7.85. The van der Waals surface area contributed by atoms with Gasteiger partial charge in [0.1, 0.15) is 0 Å². The molecule has 1 aromatic carbocycles. The highest BCUT2D eigenvalue weighted by atomic mass is 32.2. The lowest BCUT2D eigenvalue weighted by atomic mass is 10.2. The van der Waals surface area contributed by atoms with Crippen molar-refractivity contribution in [2.75, 3.05) is 0 Å². The minimum Gasteiger partial charge on any atom is -0.282 e. The van der Waals surface area contributed by atoms with Gasteiger partial charge in [0.25, 0.3) is 10.1 Å². The highest BCUT2D eigenvalue weighted by Gasteiger charge is 2.07. The SMILES string of the molecule is [CH]Cc1ccc(S(=O)(=O)O)cc1. The van der Waals surface area contributed by atoms with Crippen molar-refractivity contribution in [3.8, 4) is 0 Å². The van der Waals surface area contributed by atoms with Gasteiger partial charge in [-0.1, -0.05) is 12.1 Å². The zero-order valence-electron chi connectivity index (χ0n) is 6.27. The van der Waals surface area contributed by atoms with Crippen LogP contribution in [0.2, 0.25) is 0 Å². The van der Waals surface area contributed by atoms with Gasteiger partial charge in [-0.25, -0.2) is 0 Å². The van der Waals surface area contributed by atoms with E-state index in [1.807, 2.05) is 0 Å². The second kappa shape index (κ2) is 3.25. The maximum absolute atomic E-state index is 10.6. The molecule has 1 N–H and O–H groups in total. The molecule has 0 aliphatic heterocycles. The Morgan fingerprint density at radius 1 is 1.25 bits per heavy atom. The maximum atomic E-state index is 10.6. The summed E-state index contributed by atoms with van der Waals surface area (Å²) in [6.45, 7) is 5.30. The van der Waals surface area contributed by atoms with E-state index >= 15 is 0 Å². The lowest BCUT2D eigenvalue weighted by Gasteiger charge is -1.97. The van der Waals surface area contributed by atoms with E-state index in [4.69, 9.17) is 11.5 Å². The molecule has 0 bridgehead atoms. The Morgan fingerprint density at radius 2 is 1.75 bits per heavy atom. The first-order valence-corrected chi connectivity index (χ1v) is 4.74. The summed E-state index contributed by atoms with van der Waals surface area (Å²) >= 11 is 0. The molecule has 4 heteroatoms. The molecule has 0 spiro atoms. The van der Waals surface area contributed by atoms with Crippen molar-refractivity contribution in [3.63, 3.8) is 0 Å². The fourth-order valence-electron chi connectivity index (χ4n) is 0.798. The first kappa shape index (κ1) is 9.22. The van der Waals surface area contributed by atoms with Crippen molar-refractivity contribution in [3.05, 3.63) is 36.8 Å². The van der Waals surface area contributed by atoms with Gasteiger partial charge in [-0.3, -0.25) is 4.55 Å². The van der Waals surface area contributed by atoms with Gasteiger partial charge in [0.15, 0.2) is 0 Å². The molecule has 0 fully saturated rings. The molecule has 0 aromatic heterocycles. The minimum absolute atomic E-state index is 0.111. The maximum Gasteiger partial charge on any atom is 0.294 e. The van der Waals surface area contributed by atoms with Gasteiger partial charge >= 0.3 is 0 Å². The van der Waals surface area contributed by atoms with E-state index in [1.165, 1.54) is 12.1 Å². The Morgan fingerprint density at radius 3 is 2.08 bits per heavy atom. The Kier molecular flexibility index (Phi) is 2.49. The molecule has 0 saturated heterocycles. The molecule has 1 rings (SSSR count). The normalized spacial score (nSPS) is 11.5. The van der Waals surface area contributed by atoms with Crippen LogP contribution in [0.25, 0.3) is 0 Å². The third kappa shape index (κ3) is 2.06.